The lowest BCUT2D eigenvalue weighted by Crippen LogP contribution is -2.16. The average Bonchev–Trinajstić information content (AvgIpc) is 3.53. The zero-order valence-electron chi connectivity index (χ0n) is 19.3. The minimum atomic E-state index is 0.395. The maximum Gasteiger partial charge on any atom is 0.262 e. The van der Waals surface area contributed by atoms with Crippen molar-refractivity contribution in [2.45, 2.75) is 51.6 Å². The van der Waals surface area contributed by atoms with Crippen LogP contribution in [-0.4, -0.2) is 43.4 Å². The van der Waals surface area contributed by atoms with Gasteiger partial charge < -0.3 is 9.42 Å². The number of hydrogen-bond acceptors (Lipinski definition) is 6. The van der Waals surface area contributed by atoms with E-state index in [1.54, 1.807) is 0 Å². The van der Waals surface area contributed by atoms with E-state index in [-0.39, 0.29) is 0 Å². The van der Waals surface area contributed by atoms with Crippen LogP contribution in [0.25, 0.3) is 34.1 Å². The van der Waals surface area contributed by atoms with Gasteiger partial charge in [-0.25, -0.2) is 0 Å². The zero-order valence-corrected chi connectivity index (χ0v) is 19.3. The maximum atomic E-state index is 5.74. The summed E-state index contributed by atoms with van der Waals surface area (Å²) < 4.78 is 7.90. The van der Waals surface area contributed by atoms with E-state index in [4.69, 9.17) is 14.6 Å². The normalized spacial score (nSPS) is 14.8. The van der Waals surface area contributed by atoms with Crippen LogP contribution < -0.4 is 0 Å². The summed E-state index contributed by atoms with van der Waals surface area (Å²) in [6.45, 7) is 4.10. The topological polar surface area (TPSA) is 72.9 Å². The van der Waals surface area contributed by atoms with E-state index < -0.39 is 0 Å². The number of hydrogen-bond donors (Lipinski definition) is 0. The molecule has 0 unspecified atom stereocenters. The maximum absolute atomic E-state index is 5.74. The molecule has 170 valence electrons. The molecule has 0 amide bonds. The van der Waals surface area contributed by atoms with Crippen LogP contribution >= 0.6 is 0 Å². The highest BCUT2D eigenvalue weighted by molar-refractivity contribution is 5.77. The van der Waals surface area contributed by atoms with Crippen LogP contribution in [0.4, 0.5) is 0 Å². The molecule has 1 saturated carbocycles. The lowest BCUT2D eigenvalue weighted by molar-refractivity contribution is 0.332. The lowest BCUT2D eigenvalue weighted by atomic mass is 9.95. The fourth-order valence-corrected chi connectivity index (χ4v) is 4.55. The molecular weight excluding hydrogens is 412 g/mol. The molecule has 0 saturated heterocycles. The van der Waals surface area contributed by atoms with Gasteiger partial charge in [-0.15, -0.1) is 0 Å². The van der Waals surface area contributed by atoms with Crippen LogP contribution in [0.1, 0.15) is 50.6 Å². The Kier molecular flexibility index (Phi) is 6.30. The number of rotatable bonds is 7. The van der Waals surface area contributed by atoms with E-state index in [2.05, 4.69) is 58.0 Å². The van der Waals surface area contributed by atoms with Crippen LogP contribution in [0.15, 0.2) is 59.5 Å². The molecular formula is C26H30N6O. The summed E-state index contributed by atoms with van der Waals surface area (Å²) >= 11 is 0. The van der Waals surface area contributed by atoms with Crippen LogP contribution in [0, 0.1) is 0 Å². The number of pyridine rings is 1. The third-order valence-corrected chi connectivity index (χ3v) is 6.53. The van der Waals surface area contributed by atoms with Gasteiger partial charge in [0.1, 0.15) is 0 Å². The van der Waals surface area contributed by atoms with E-state index in [0.717, 1.165) is 48.3 Å². The van der Waals surface area contributed by atoms with E-state index >= 15 is 0 Å². The van der Waals surface area contributed by atoms with Crippen LogP contribution in [-0.2, 0) is 6.54 Å². The Morgan fingerprint density at radius 1 is 1.00 bits per heavy atom. The largest absolute Gasteiger partial charge is 0.333 e. The summed E-state index contributed by atoms with van der Waals surface area (Å²) in [5.41, 5.74) is 5.16. The molecule has 0 radical (unpaired) electrons. The molecule has 1 aliphatic rings. The van der Waals surface area contributed by atoms with Crippen molar-refractivity contribution in [2.24, 2.45) is 0 Å². The number of aromatic nitrogens is 5. The molecule has 1 aliphatic carbocycles. The number of nitrogens with zero attached hydrogens (tertiary/aromatic N) is 6. The van der Waals surface area contributed by atoms with E-state index in [1.165, 1.54) is 24.8 Å². The van der Waals surface area contributed by atoms with Crippen LogP contribution in [0.2, 0.25) is 0 Å². The fraction of sp³-hybridized carbons (Fsp3) is 0.385. The minimum absolute atomic E-state index is 0.395. The van der Waals surface area contributed by atoms with Gasteiger partial charge >= 0.3 is 0 Å². The third kappa shape index (κ3) is 4.59. The van der Waals surface area contributed by atoms with Crippen molar-refractivity contribution in [3.63, 3.8) is 0 Å². The highest BCUT2D eigenvalue weighted by atomic mass is 16.5. The van der Waals surface area contributed by atoms with Crippen molar-refractivity contribution in [3.05, 3.63) is 60.6 Å². The van der Waals surface area contributed by atoms with Crippen molar-refractivity contribution in [1.29, 1.82) is 0 Å². The molecule has 4 aromatic rings. The Morgan fingerprint density at radius 3 is 2.48 bits per heavy atom. The molecule has 0 atom stereocenters. The van der Waals surface area contributed by atoms with Gasteiger partial charge in [-0.05, 0) is 44.1 Å². The Labute approximate surface area is 194 Å². The summed E-state index contributed by atoms with van der Waals surface area (Å²) in [7, 11) is 2.12. The van der Waals surface area contributed by atoms with Crippen LogP contribution in [0.5, 0.6) is 0 Å². The molecule has 1 fully saturated rings. The first-order valence-electron chi connectivity index (χ1n) is 11.8. The summed E-state index contributed by atoms with van der Waals surface area (Å²) in [6.07, 6.45) is 11.6. The average molecular weight is 443 g/mol. The molecule has 7 heteroatoms. The van der Waals surface area contributed by atoms with Crippen molar-refractivity contribution < 1.29 is 4.52 Å². The molecule has 0 aliphatic heterocycles. The SMILES string of the molecule is CCN(C)Cc1ccc(-c2noc(-c3cnn(C4CCCCC4)c3-c3ccncc3)n2)cc1. The predicted octanol–water partition coefficient (Wildman–Crippen LogP) is 5.62. The predicted molar refractivity (Wildman–Crippen MR) is 128 cm³/mol. The zero-order chi connectivity index (χ0) is 22.6. The van der Waals surface area contributed by atoms with Gasteiger partial charge in [-0.1, -0.05) is 55.6 Å². The fourth-order valence-electron chi connectivity index (χ4n) is 4.55. The molecule has 5 rings (SSSR count). The first kappa shape index (κ1) is 21.5. The van der Waals surface area contributed by atoms with Gasteiger partial charge in [-0.2, -0.15) is 10.1 Å². The van der Waals surface area contributed by atoms with E-state index in [1.807, 2.05) is 30.7 Å². The molecule has 1 aromatic carbocycles. The Balaban J connectivity index is 1.47. The Hall–Kier alpha value is -3.32. The second kappa shape index (κ2) is 9.67. The molecule has 33 heavy (non-hydrogen) atoms. The summed E-state index contributed by atoms with van der Waals surface area (Å²) in [6, 6.07) is 12.8. The monoisotopic (exact) mass is 442 g/mol. The van der Waals surface area contributed by atoms with Crippen LogP contribution in [0.3, 0.4) is 0 Å². The minimum Gasteiger partial charge on any atom is -0.333 e. The van der Waals surface area contributed by atoms with Gasteiger partial charge in [0, 0.05) is 30.1 Å². The van der Waals surface area contributed by atoms with Crippen molar-refractivity contribution in [3.8, 4) is 34.1 Å². The van der Waals surface area contributed by atoms with Gasteiger partial charge in [0.15, 0.2) is 0 Å². The van der Waals surface area contributed by atoms with E-state index in [9.17, 15) is 0 Å². The van der Waals surface area contributed by atoms with Gasteiger partial charge in [0.25, 0.3) is 5.89 Å². The summed E-state index contributed by atoms with van der Waals surface area (Å²) in [5.74, 6) is 1.08. The Bertz CT molecular complexity index is 1180. The van der Waals surface area contributed by atoms with E-state index in [0.29, 0.717) is 17.8 Å². The summed E-state index contributed by atoms with van der Waals surface area (Å²) in [4.78, 5) is 11.2. The second-order valence-corrected chi connectivity index (χ2v) is 8.83. The molecule has 3 heterocycles. The van der Waals surface area contributed by atoms with Gasteiger partial charge in [-0.3, -0.25) is 9.67 Å². The summed E-state index contributed by atoms with van der Waals surface area (Å²) in [5, 5.41) is 9.07. The van der Waals surface area contributed by atoms with Gasteiger partial charge in [0.2, 0.25) is 5.82 Å². The molecule has 0 spiro atoms. The van der Waals surface area contributed by atoms with Crippen molar-refractivity contribution in [2.75, 3.05) is 13.6 Å². The Morgan fingerprint density at radius 2 is 1.76 bits per heavy atom. The van der Waals surface area contributed by atoms with Crippen molar-refractivity contribution >= 4 is 0 Å². The molecule has 7 nitrogen and oxygen atoms in total. The highest BCUT2D eigenvalue weighted by Gasteiger charge is 2.25. The second-order valence-electron chi connectivity index (χ2n) is 8.83. The number of benzene rings is 1. The third-order valence-electron chi connectivity index (χ3n) is 6.53. The highest BCUT2D eigenvalue weighted by Crippen LogP contribution is 2.37. The van der Waals surface area contributed by atoms with Gasteiger partial charge in [0.05, 0.1) is 23.5 Å². The first-order valence-corrected chi connectivity index (χ1v) is 11.8. The van der Waals surface area contributed by atoms with Crippen molar-refractivity contribution in [1.82, 2.24) is 29.8 Å². The quantitative estimate of drug-likeness (QED) is 0.370. The molecule has 0 N–H and O–H groups in total. The standard InChI is InChI=1S/C26H30N6O/c1-3-31(2)18-19-9-11-21(12-10-19)25-29-26(33-30-25)23-17-28-32(22-7-5-4-6-8-22)24(23)20-13-15-27-16-14-20/h9-17,22H,3-8,18H2,1-2H3. The smallest absolute Gasteiger partial charge is 0.262 e. The lowest BCUT2D eigenvalue weighted by Gasteiger charge is -2.24. The molecule has 3 aromatic heterocycles. The molecule has 0 bridgehead atoms. The first-order chi connectivity index (χ1) is 16.2.